The summed E-state index contributed by atoms with van der Waals surface area (Å²) >= 11 is 6.28. The fourth-order valence-electron chi connectivity index (χ4n) is 4.21. The van der Waals surface area contributed by atoms with E-state index in [-0.39, 0.29) is 24.3 Å². The minimum absolute atomic E-state index is 0.00594. The number of aliphatic hydroxyl groups excluding tert-OH is 1. The first kappa shape index (κ1) is 27.6. The van der Waals surface area contributed by atoms with Crippen LogP contribution in [0, 0.1) is 0 Å². The number of benzene rings is 3. The Morgan fingerprint density at radius 2 is 1.68 bits per heavy atom. The van der Waals surface area contributed by atoms with E-state index in [0.717, 1.165) is 0 Å². The van der Waals surface area contributed by atoms with Gasteiger partial charge in [-0.15, -0.1) is 0 Å². The third-order valence-electron chi connectivity index (χ3n) is 6.24. The highest BCUT2D eigenvalue weighted by molar-refractivity contribution is 6.31. The van der Waals surface area contributed by atoms with Crippen molar-refractivity contribution in [3.8, 4) is 0 Å². The van der Waals surface area contributed by atoms with E-state index in [4.69, 9.17) is 16.0 Å². The Morgan fingerprint density at radius 1 is 1.03 bits per heavy atom. The molecule has 1 amide bonds. The number of amides is 1. The molecule has 1 heterocycles. The number of oxazole rings is 1. The predicted molar refractivity (Wildman–Crippen MR) is 139 cm³/mol. The minimum Gasteiger partial charge on any atom is -0.438 e. The largest absolute Gasteiger partial charge is 0.438 e. The Kier molecular flexibility index (Phi) is 8.71. The molecule has 3 unspecified atom stereocenters. The Bertz CT molecular complexity index is 1330. The monoisotopic (exact) mass is 545 g/mol. The molecule has 38 heavy (non-hydrogen) atoms. The fourth-order valence-corrected chi connectivity index (χ4v) is 4.43. The quantitative estimate of drug-likeness (QED) is 0.230. The Labute approximate surface area is 222 Å². The van der Waals surface area contributed by atoms with Gasteiger partial charge < -0.3 is 14.8 Å². The molecule has 0 fully saturated rings. The second-order valence-electron chi connectivity index (χ2n) is 8.89. The van der Waals surface area contributed by atoms with Crippen LogP contribution in [-0.2, 0) is 11.2 Å². The van der Waals surface area contributed by atoms with Gasteiger partial charge in [0.2, 0.25) is 11.8 Å². The third kappa shape index (κ3) is 6.53. The highest BCUT2D eigenvalue weighted by Gasteiger charge is 2.43. The first-order valence-electron chi connectivity index (χ1n) is 12.1. The van der Waals surface area contributed by atoms with E-state index in [0.29, 0.717) is 21.7 Å². The number of halogens is 4. The molecule has 3 aromatic carbocycles. The highest BCUT2D eigenvalue weighted by Crippen LogP contribution is 2.33. The van der Waals surface area contributed by atoms with Crippen molar-refractivity contribution in [3.05, 3.63) is 101 Å². The Balaban J connectivity index is 1.61. The van der Waals surface area contributed by atoms with Gasteiger partial charge >= 0.3 is 6.18 Å². The fraction of sp³-hybridized carbons (Fsp3) is 0.286. The van der Waals surface area contributed by atoms with Gasteiger partial charge in [-0.05, 0) is 42.2 Å². The molecule has 4 atom stereocenters. The molecule has 10 heteroatoms. The van der Waals surface area contributed by atoms with Gasteiger partial charge in [0.05, 0.1) is 12.1 Å². The molecule has 0 saturated carbocycles. The lowest BCUT2D eigenvalue weighted by Gasteiger charge is -2.29. The molecule has 0 radical (unpaired) electrons. The SMILES string of the molecule is CCC(NC(=O)C(Cc1ccccc1Cl)NC(c1ccccc1)C(F)(F)F)[C@@H](O)c1nc2ccccc2o1. The van der Waals surface area contributed by atoms with E-state index >= 15 is 0 Å². The van der Waals surface area contributed by atoms with Gasteiger partial charge in [0.15, 0.2) is 11.7 Å². The van der Waals surface area contributed by atoms with E-state index < -0.39 is 36.3 Å². The molecule has 1 aromatic heterocycles. The number of hydrogen-bond acceptors (Lipinski definition) is 5. The number of fused-ring (bicyclic) bond motifs is 1. The van der Waals surface area contributed by atoms with Crippen LogP contribution in [0.5, 0.6) is 0 Å². The van der Waals surface area contributed by atoms with Crippen LogP contribution in [0.15, 0.2) is 83.3 Å². The number of carbonyl (C=O) groups excluding carboxylic acids is 1. The summed E-state index contributed by atoms with van der Waals surface area (Å²) in [5.74, 6) is -0.719. The molecule has 0 bridgehead atoms. The van der Waals surface area contributed by atoms with Crippen LogP contribution < -0.4 is 10.6 Å². The first-order chi connectivity index (χ1) is 18.2. The summed E-state index contributed by atoms with van der Waals surface area (Å²) in [4.78, 5) is 17.8. The number of alkyl halides is 3. The lowest BCUT2D eigenvalue weighted by atomic mass is 10.00. The molecule has 0 aliphatic rings. The number of carbonyl (C=O) groups is 1. The summed E-state index contributed by atoms with van der Waals surface area (Å²) in [5, 5.41) is 16.5. The molecule has 6 nitrogen and oxygen atoms in total. The maximum Gasteiger partial charge on any atom is 0.407 e. The van der Waals surface area contributed by atoms with E-state index in [9.17, 15) is 23.1 Å². The average Bonchev–Trinajstić information content (AvgIpc) is 3.34. The van der Waals surface area contributed by atoms with Crippen LogP contribution in [0.3, 0.4) is 0 Å². The predicted octanol–water partition coefficient (Wildman–Crippen LogP) is 5.91. The van der Waals surface area contributed by atoms with Crippen molar-refractivity contribution < 1.29 is 27.5 Å². The number of para-hydroxylation sites is 2. The lowest BCUT2D eigenvalue weighted by molar-refractivity contribution is -0.161. The Morgan fingerprint density at radius 3 is 2.34 bits per heavy atom. The van der Waals surface area contributed by atoms with E-state index in [1.807, 2.05) is 0 Å². The van der Waals surface area contributed by atoms with Gasteiger partial charge in [-0.3, -0.25) is 10.1 Å². The first-order valence-corrected chi connectivity index (χ1v) is 12.5. The number of aromatic nitrogens is 1. The molecular weight excluding hydrogens is 519 g/mol. The highest BCUT2D eigenvalue weighted by atomic mass is 35.5. The van der Waals surface area contributed by atoms with Crippen molar-refractivity contribution in [1.82, 2.24) is 15.6 Å². The molecule has 0 saturated heterocycles. The lowest BCUT2D eigenvalue weighted by Crippen LogP contribution is -2.53. The molecule has 0 aliphatic heterocycles. The summed E-state index contributed by atoms with van der Waals surface area (Å²) in [7, 11) is 0. The standard InChI is InChI=1S/C28H27ClF3N3O3/c1-2-20(24(36)27-35-21-14-8-9-15-23(21)38-27)34-26(37)22(16-18-12-6-7-13-19(18)29)33-25(28(30,31)32)17-10-4-3-5-11-17/h3-15,20,22,24-25,33,36H,2,16H2,1H3,(H,34,37)/t20?,22?,24-,25?/m1/s1. The molecule has 4 aromatic rings. The van der Waals surface area contributed by atoms with Gasteiger partial charge in [-0.2, -0.15) is 13.2 Å². The zero-order valence-electron chi connectivity index (χ0n) is 20.5. The van der Waals surface area contributed by atoms with E-state index in [2.05, 4.69) is 15.6 Å². The molecule has 0 spiro atoms. The van der Waals surface area contributed by atoms with Gasteiger partial charge in [-0.25, -0.2) is 4.98 Å². The number of nitrogens with zero attached hydrogens (tertiary/aromatic N) is 1. The number of rotatable bonds is 10. The van der Waals surface area contributed by atoms with Crippen molar-refractivity contribution in [2.24, 2.45) is 0 Å². The van der Waals surface area contributed by atoms with Crippen LogP contribution in [-0.4, -0.2) is 34.3 Å². The summed E-state index contributed by atoms with van der Waals surface area (Å²) in [6, 6.07) is 16.6. The Hall–Kier alpha value is -3.40. The van der Waals surface area contributed by atoms with Crippen LogP contribution in [0.1, 0.15) is 42.5 Å². The van der Waals surface area contributed by atoms with Crippen LogP contribution >= 0.6 is 11.6 Å². The van der Waals surface area contributed by atoms with Crippen molar-refractivity contribution in [1.29, 1.82) is 0 Å². The third-order valence-corrected chi connectivity index (χ3v) is 6.61. The smallest absolute Gasteiger partial charge is 0.407 e. The average molecular weight is 546 g/mol. The summed E-state index contributed by atoms with van der Waals surface area (Å²) in [5.41, 5.74) is 1.48. The van der Waals surface area contributed by atoms with Crippen molar-refractivity contribution in [2.75, 3.05) is 0 Å². The topological polar surface area (TPSA) is 87.4 Å². The summed E-state index contributed by atoms with van der Waals surface area (Å²) in [6.45, 7) is 1.73. The number of nitrogens with one attached hydrogen (secondary N) is 2. The van der Waals surface area contributed by atoms with Crippen LogP contribution in [0.2, 0.25) is 5.02 Å². The molecular formula is C28H27ClF3N3O3. The van der Waals surface area contributed by atoms with Crippen LogP contribution in [0.4, 0.5) is 13.2 Å². The maximum atomic E-state index is 14.1. The van der Waals surface area contributed by atoms with Crippen molar-refractivity contribution in [2.45, 2.75) is 50.2 Å². The minimum atomic E-state index is -4.68. The van der Waals surface area contributed by atoms with Crippen LogP contribution in [0.25, 0.3) is 11.1 Å². The number of aliphatic hydroxyl groups is 1. The van der Waals surface area contributed by atoms with Gasteiger partial charge in [0.25, 0.3) is 0 Å². The van der Waals surface area contributed by atoms with E-state index in [1.165, 1.54) is 24.3 Å². The normalized spacial score (nSPS) is 15.1. The van der Waals surface area contributed by atoms with Gasteiger partial charge in [0.1, 0.15) is 11.6 Å². The van der Waals surface area contributed by atoms with E-state index in [1.54, 1.807) is 61.5 Å². The van der Waals surface area contributed by atoms with Crippen molar-refractivity contribution >= 4 is 28.6 Å². The molecule has 0 aliphatic carbocycles. The second kappa shape index (κ2) is 12.0. The van der Waals surface area contributed by atoms with Crippen molar-refractivity contribution in [3.63, 3.8) is 0 Å². The van der Waals surface area contributed by atoms with Gasteiger partial charge in [0, 0.05) is 5.02 Å². The summed E-state index contributed by atoms with van der Waals surface area (Å²) < 4.78 is 48.1. The van der Waals surface area contributed by atoms with Gasteiger partial charge in [-0.1, -0.05) is 79.2 Å². The second-order valence-corrected chi connectivity index (χ2v) is 9.30. The maximum absolute atomic E-state index is 14.1. The summed E-state index contributed by atoms with van der Waals surface area (Å²) in [6.07, 6.45) is -5.83. The zero-order chi connectivity index (χ0) is 27.3. The molecule has 3 N–H and O–H groups in total. The number of hydrogen-bond donors (Lipinski definition) is 3. The zero-order valence-corrected chi connectivity index (χ0v) is 21.2. The molecule has 4 rings (SSSR count). The molecule has 200 valence electrons.